The molecule has 3 heterocycles. The molecule has 3 rings (SSSR count). The second kappa shape index (κ2) is 19.1. The van der Waals surface area contributed by atoms with Crippen LogP contribution in [-0.4, -0.2) is 172 Å². The first kappa shape index (κ1) is 47.3. The summed E-state index contributed by atoms with van der Waals surface area (Å²) in [7, 11) is 5.27. The molecule has 0 radical (unpaired) electrons. The number of methoxy groups -OCH3 is 1. The van der Waals surface area contributed by atoms with Crippen LogP contribution in [0.25, 0.3) is 0 Å². The number of rotatable bonds is 9. The Bertz CT molecular complexity index is 1180. The van der Waals surface area contributed by atoms with E-state index in [0.717, 1.165) is 0 Å². The molecule has 0 bridgehead atoms. The third kappa shape index (κ3) is 10.7. The molecular weight excluding hydrogens is 702 g/mol. The molecule has 0 aromatic carbocycles. The third-order valence-electron chi connectivity index (χ3n) is 12.5. The van der Waals surface area contributed by atoms with Crippen molar-refractivity contribution in [1.29, 1.82) is 0 Å². The van der Waals surface area contributed by atoms with Crippen molar-refractivity contribution >= 4 is 5.97 Å². The van der Waals surface area contributed by atoms with Crippen molar-refractivity contribution in [3.63, 3.8) is 0 Å². The van der Waals surface area contributed by atoms with Gasteiger partial charge in [0, 0.05) is 51.2 Å². The summed E-state index contributed by atoms with van der Waals surface area (Å²) in [6.45, 7) is 18.6. The molecule has 0 aliphatic carbocycles. The summed E-state index contributed by atoms with van der Waals surface area (Å²) in [5.41, 5.74) is 1.56. The Labute approximate surface area is 323 Å². The maximum atomic E-state index is 14.3. The number of ether oxygens (including phenoxy) is 6. The Morgan fingerprint density at radius 2 is 1.59 bits per heavy atom. The smallest absolute Gasteiger partial charge is 0.311 e. The highest BCUT2D eigenvalue weighted by molar-refractivity contribution is 5.73. The summed E-state index contributed by atoms with van der Waals surface area (Å²) >= 11 is 0. The minimum absolute atomic E-state index is 0.124. The van der Waals surface area contributed by atoms with Crippen molar-refractivity contribution in [2.45, 2.75) is 185 Å². The van der Waals surface area contributed by atoms with Gasteiger partial charge in [-0.1, -0.05) is 20.8 Å². The average Bonchev–Trinajstić information content (AvgIpc) is 3.09. The van der Waals surface area contributed by atoms with Crippen LogP contribution in [-0.2, 0) is 33.2 Å². The number of carbonyl (C=O) groups excluding carboxylic acids is 1. The van der Waals surface area contributed by atoms with Gasteiger partial charge in [0.1, 0.15) is 30.0 Å². The second-order valence-electron chi connectivity index (χ2n) is 17.5. The van der Waals surface area contributed by atoms with Gasteiger partial charge in [-0.25, -0.2) is 0 Å². The molecule has 318 valence electrons. The SMILES string of the molecule is CC[C@H]1OC(=O)[C@H](C)[C@@H](O[C@H]2C[C@@](C)(OC)[C@@H](O)[C@H](C)O2)[C@H](C)[C@@H](O[C@@H]2O[C@H](C)C[C@H](N(C)C)[C@H]2O)[C@](C)(O)C[C@@H](C)CN(CCN)[C@H](C)[C@@H](O)[C@]1(C)O. The van der Waals surface area contributed by atoms with Crippen molar-refractivity contribution in [2.75, 3.05) is 40.8 Å². The highest BCUT2D eigenvalue weighted by Crippen LogP contribution is 2.40. The van der Waals surface area contributed by atoms with Gasteiger partial charge >= 0.3 is 5.97 Å². The van der Waals surface area contributed by atoms with Crippen molar-refractivity contribution < 1.29 is 58.7 Å². The lowest BCUT2D eigenvalue weighted by Gasteiger charge is -2.48. The van der Waals surface area contributed by atoms with Gasteiger partial charge in [0.25, 0.3) is 0 Å². The van der Waals surface area contributed by atoms with Gasteiger partial charge in [-0.15, -0.1) is 0 Å². The van der Waals surface area contributed by atoms with E-state index in [9.17, 15) is 30.3 Å². The van der Waals surface area contributed by atoms with E-state index in [1.54, 1.807) is 41.5 Å². The number of likely N-dealkylation sites (N-methyl/N-ethyl adjacent to an activating group) is 1. The number of esters is 1. The molecule has 0 amide bonds. The van der Waals surface area contributed by atoms with Gasteiger partial charge < -0.3 is 64.6 Å². The first-order valence-electron chi connectivity index (χ1n) is 19.9. The van der Waals surface area contributed by atoms with Crippen LogP contribution in [0.1, 0.15) is 94.9 Å². The van der Waals surface area contributed by atoms with Crippen LogP contribution in [0, 0.1) is 17.8 Å². The van der Waals surface area contributed by atoms with E-state index in [1.807, 2.05) is 44.7 Å². The predicted molar refractivity (Wildman–Crippen MR) is 202 cm³/mol. The monoisotopic (exact) mass is 778 g/mol. The summed E-state index contributed by atoms with van der Waals surface area (Å²) in [4.78, 5) is 18.2. The molecule has 0 spiro atoms. The van der Waals surface area contributed by atoms with E-state index >= 15 is 0 Å². The minimum Gasteiger partial charge on any atom is -0.459 e. The summed E-state index contributed by atoms with van der Waals surface area (Å²) in [5, 5.41) is 58.6. The maximum absolute atomic E-state index is 14.3. The Balaban J connectivity index is 2.20. The summed E-state index contributed by atoms with van der Waals surface area (Å²) < 4.78 is 37.6. The number of nitrogens with zero attached hydrogens (tertiary/aromatic N) is 2. The molecule has 15 heteroatoms. The third-order valence-corrected chi connectivity index (χ3v) is 12.5. The summed E-state index contributed by atoms with van der Waals surface area (Å²) in [6, 6.07) is -0.882. The van der Waals surface area contributed by atoms with Gasteiger partial charge in [-0.05, 0) is 87.7 Å². The van der Waals surface area contributed by atoms with E-state index in [-0.39, 0.29) is 43.9 Å². The molecule has 0 unspecified atom stereocenters. The van der Waals surface area contributed by atoms with Gasteiger partial charge in [0.05, 0.1) is 41.5 Å². The lowest BCUT2D eigenvalue weighted by atomic mass is 9.77. The van der Waals surface area contributed by atoms with Crippen LogP contribution < -0.4 is 5.73 Å². The summed E-state index contributed by atoms with van der Waals surface area (Å²) in [5.74, 6) is -2.69. The number of carbonyl (C=O) groups is 1. The fraction of sp³-hybridized carbons (Fsp3) is 0.974. The van der Waals surface area contributed by atoms with E-state index in [1.165, 1.54) is 14.0 Å². The molecule has 54 heavy (non-hydrogen) atoms. The second-order valence-corrected chi connectivity index (χ2v) is 17.5. The predicted octanol–water partition coefficient (Wildman–Crippen LogP) is 1.23. The molecule has 15 nitrogen and oxygen atoms in total. The van der Waals surface area contributed by atoms with Gasteiger partial charge in [-0.3, -0.25) is 9.69 Å². The molecule has 0 aromatic heterocycles. The van der Waals surface area contributed by atoms with Crippen LogP contribution in [0.2, 0.25) is 0 Å². The average molecular weight is 778 g/mol. The van der Waals surface area contributed by atoms with Gasteiger partial charge in [-0.2, -0.15) is 0 Å². The van der Waals surface area contributed by atoms with E-state index in [2.05, 4.69) is 0 Å². The molecule has 3 saturated heterocycles. The molecule has 0 saturated carbocycles. The zero-order valence-electron chi connectivity index (χ0n) is 35.2. The van der Waals surface area contributed by atoms with Crippen molar-refractivity contribution in [3.05, 3.63) is 0 Å². The quantitative estimate of drug-likeness (QED) is 0.182. The highest BCUT2D eigenvalue weighted by Gasteiger charge is 2.52. The lowest BCUT2D eigenvalue weighted by Crippen LogP contribution is -2.60. The van der Waals surface area contributed by atoms with E-state index in [0.29, 0.717) is 19.5 Å². The zero-order valence-corrected chi connectivity index (χ0v) is 35.2. The Kier molecular flexibility index (Phi) is 16.8. The molecular formula is C39H75N3O12. The van der Waals surface area contributed by atoms with Crippen molar-refractivity contribution in [3.8, 4) is 0 Å². The van der Waals surface area contributed by atoms with Crippen molar-refractivity contribution in [1.82, 2.24) is 9.80 Å². The first-order valence-corrected chi connectivity index (χ1v) is 19.9. The van der Waals surface area contributed by atoms with E-state index < -0.39 is 96.0 Å². The van der Waals surface area contributed by atoms with Gasteiger partial charge in [0.15, 0.2) is 12.6 Å². The normalized spacial score (nSPS) is 48.2. The van der Waals surface area contributed by atoms with Gasteiger partial charge in [0.2, 0.25) is 0 Å². The van der Waals surface area contributed by atoms with Crippen LogP contribution in [0.3, 0.4) is 0 Å². The number of hydrogen-bond acceptors (Lipinski definition) is 15. The zero-order chi connectivity index (χ0) is 41.1. The molecule has 3 aliphatic rings. The summed E-state index contributed by atoms with van der Waals surface area (Å²) in [6.07, 6.45) is -8.46. The standard InChI is InChI=1S/C39H75N3O12/c1-14-28-39(10,48)32(44)25(6)42(16-15-40)20-21(2)18-37(8,47)34(54-36-30(43)27(41(11)12)17-22(3)50-36)23(4)31(24(5)35(46)52-28)53-29-19-38(9,49-13)33(45)26(7)51-29/h21-34,36,43-45,47-48H,14-20,40H2,1-13H3/t21-,22-,23+,24-,25-,26+,27+,28-,29+,30-,31+,32-,33+,34-,36+,37-,38-,39-/m1/s1. The largest absolute Gasteiger partial charge is 0.459 e. The van der Waals surface area contributed by atoms with E-state index in [4.69, 9.17) is 34.2 Å². The fourth-order valence-electron chi connectivity index (χ4n) is 9.06. The number of cyclic esters (lactones) is 1. The molecule has 3 fully saturated rings. The first-order chi connectivity index (χ1) is 24.9. The Morgan fingerprint density at radius 3 is 2.15 bits per heavy atom. The topological polar surface area (TPSA) is 206 Å². The Morgan fingerprint density at radius 1 is 0.963 bits per heavy atom. The van der Waals surface area contributed by atoms with Crippen LogP contribution in [0.15, 0.2) is 0 Å². The van der Waals surface area contributed by atoms with Crippen LogP contribution in [0.5, 0.6) is 0 Å². The highest BCUT2D eigenvalue weighted by atomic mass is 16.7. The number of aliphatic hydroxyl groups is 5. The van der Waals surface area contributed by atoms with Crippen molar-refractivity contribution in [2.24, 2.45) is 23.5 Å². The van der Waals surface area contributed by atoms with Crippen LogP contribution >= 0.6 is 0 Å². The minimum atomic E-state index is -1.84. The number of hydrogen-bond donors (Lipinski definition) is 6. The fourth-order valence-corrected chi connectivity index (χ4v) is 9.06. The number of aliphatic hydroxyl groups excluding tert-OH is 3. The number of nitrogens with two attached hydrogens (primary N) is 1. The molecule has 0 aromatic rings. The molecule has 7 N–H and O–H groups in total. The molecule has 18 atom stereocenters. The lowest BCUT2D eigenvalue weighted by molar-refractivity contribution is -0.318. The maximum Gasteiger partial charge on any atom is 0.311 e. The van der Waals surface area contributed by atoms with Crippen LogP contribution in [0.4, 0.5) is 0 Å². The Hall–Kier alpha value is -1.05. The molecule has 3 aliphatic heterocycles.